The van der Waals surface area contributed by atoms with Gasteiger partial charge in [-0.2, -0.15) is 0 Å². The monoisotopic (exact) mass is 261 g/mol. The summed E-state index contributed by atoms with van der Waals surface area (Å²) in [6.45, 7) is 5.10. The molecule has 0 aromatic heterocycles. The molecule has 0 bridgehead atoms. The van der Waals surface area contributed by atoms with Crippen LogP contribution in [0.3, 0.4) is 0 Å². The van der Waals surface area contributed by atoms with Crippen molar-refractivity contribution in [1.82, 2.24) is 5.32 Å². The molecule has 2 aromatic carbocycles. The number of hydrogen-bond acceptors (Lipinski definition) is 1. The van der Waals surface area contributed by atoms with Crippen LogP contribution in [-0.4, -0.2) is 6.54 Å². The highest BCUT2D eigenvalue weighted by atomic mass is 19.1. The fraction of sp³-hybridized carbons (Fsp3) is 0.250. The second kappa shape index (κ2) is 5.93. The quantitative estimate of drug-likeness (QED) is 0.875. The maximum atomic E-state index is 13.9. The van der Waals surface area contributed by atoms with Gasteiger partial charge in [-0.3, -0.25) is 0 Å². The van der Waals surface area contributed by atoms with Gasteiger partial charge < -0.3 is 5.32 Å². The van der Waals surface area contributed by atoms with E-state index < -0.39 is 0 Å². The normalized spacial score (nSPS) is 10.7. The number of rotatable bonds is 4. The second-order valence-electron chi connectivity index (χ2n) is 4.60. The maximum Gasteiger partial charge on any atom is 0.128 e. The van der Waals surface area contributed by atoms with Crippen LogP contribution in [0.1, 0.15) is 18.1 Å². The van der Waals surface area contributed by atoms with Crippen molar-refractivity contribution < 1.29 is 8.78 Å². The van der Waals surface area contributed by atoms with Crippen molar-refractivity contribution in [2.45, 2.75) is 20.4 Å². The number of nitrogens with one attached hydrogen (secondary N) is 1. The van der Waals surface area contributed by atoms with E-state index >= 15 is 0 Å². The van der Waals surface area contributed by atoms with E-state index in [1.807, 2.05) is 26.0 Å². The van der Waals surface area contributed by atoms with Crippen LogP contribution in [-0.2, 0) is 6.54 Å². The number of halogens is 2. The zero-order valence-corrected chi connectivity index (χ0v) is 11.1. The molecule has 2 aromatic rings. The molecule has 19 heavy (non-hydrogen) atoms. The van der Waals surface area contributed by atoms with Gasteiger partial charge in [0, 0.05) is 12.1 Å². The second-order valence-corrected chi connectivity index (χ2v) is 4.60. The summed E-state index contributed by atoms with van der Waals surface area (Å²) in [4.78, 5) is 0. The Kier molecular flexibility index (Phi) is 4.27. The highest BCUT2D eigenvalue weighted by Gasteiger charge is 2.06. The smallest absolute Gasteiger partial charge is 0.128 e. The van der Waals surface area contributed by atoms with E-state index in [0.29, 0.717) is 23.2 Å². The molecule has 0 heterocycles. The van der Waals surface area contributed by atoms with Gasteiger partial charge >= 0.3 is 0 Å². The van der Waals surface area contributed by atoms with Crippen LogP contribution >= 0.6 is 0 Å². The van der Waals surface area contributed by atoms with Gasteiger partial charge in [0.1, 0.15) is 11.6 Å². The molecule has 0 aliphatic rings. The molecule has 0 amide bonds. The summed E-state index contributed by atoms with van der Waals surface area (Å²) in [7, 11) is 0. The molecule has 0 atom stereocenters. The van der Waals surface area contributed by atoms with E-state index in [1.54, 1.807) is 6.07 Å². The molecule has 0 unspecified atom stereocenters. The van der Waals surface area contributed by atoms with Crippen molar-refractivity contribution >= 4 is 0 Å². The lowest BCUT2D eigenvalue weighted by atomic mass is 10.0. The van der Waals surface area contributed by atoms with Gasteiger partial charge in [-0.25, -0.2) is 8.78 Å². The zero-order chi connectivity index (χ0) is 13.8. The van der Waals surface area contributed by atoms with Gasteiger partial charge in [0.25, 0.3) is 0 Å². The zero-order valence-electron chi connectivity index (χ0n) is 11.1. The molecule has 0 saturated carbocycles. The Labute approximate surface area is 112 Å². The van der Waals surface area contributed by atoms with Crippen LogP contribution in [0.25, 0.3) is 11.1 Å². The third-order valence-corrected chi connectivity index (χ3v) is 2.99. The predicted molar refractivity (Wildman–Crippen MR) is 73.9 cm³/mol. The average Bonchev–Trinajstić information content (AvgIpc) is 2.36. The number of aryl methyl sites for hydroxylation is 1. The summed E-state index contributed by atoms with van der Waals surface area (Å²) >= 11 is 0. The van der Waals surface area contributed by atoms with Gasteiger partial charge in [-0.1, -0.05) is 25.1 Å². The Morgan fingerprint density at radius 1 is 1.00 bits per heavy atom. The Morgan fingerprint density at radius 3 is 2.42 bits per heavy atom. The topological polar surface area (TPSA) is 12.0 Å². The molecule has 0 spiro atoms. The minimum atomic E-state index is -0.299. The first-order valence-corrected chi connectivity index (χ1v) is 6.37. The molecule has 100 valence electrons. The summed E-state index contributed by atoms with van der Waals surface area (Å²) in [6.07, 6.45) is 0. The lowest BCUT2D eigenvalue weighted by molar-refractivity contribution is 0.594. The van der Waals surface area contributed by atoms with Gasteiger partial charge in [0.05, 0.1) is 0 Å². The molecule has 3 heteroatoms. The van der Waals surface area contributed by atoms with Crippen LogP contribution in [0.2, 0.25) is 0 Å². The highest BCUT2D eigenvalue weighted by Crippen LogP contribution is 2.24. The van der Waals surface area contributed by atoms with Crippen molar-refractivity contribution in [1.29, 1.82) is 0 Å². The van der Waals surface area contributed by atoms with E-state index in [9.17, 15) is 8.78 Å². The minimum absolute atomic E-state index is 0.264. The molecule has 1 nitrogen and oxygen atoms in total. The Bertz CT molecular complexity index is 559. The summed E-state index contributed by atoms with van der Waals surface area (Å²) < 4.78 is 27.3. The molecule has 2 rings (SSSR count). The average molecular weight is 261 g/mol. The minimum Gasteiger partial charge on any atom is -0.313 e. The molecule has 0 aliphatic carbocycles. The van der Waals surface area contributed by atoms with Gasteiger partial charge in [0.2, 0.25) is 0 Å². The lowest BCUT2D eigenvalue weighted by Crippen LogP contribution is -2.12. The van der Waals surface area contributed by atoms with Crippen LogP contribution in [0, 0.1) is 18.6 Å². The maximum absolute atomic E-state index is 13.9. The Morgan fingerprint density at radius 2 is 1.79 bits per heavy atom. The number of benzene rings is 2. The molecule has 1 N–H and O–H groups in total. The SMILES string of the molecule is CCNCc1ccc(-c2cc(C)cc(F)c2)cc1F. The summed E-state index contributed by atoms with van der Waals surface area (Å²) in [6, 6.07) is 9.76. The van der Waals surface area contributed by atoms with Crippen LogP contribution in [0.4, 0.5) is 8.78 Å². The highest BCUT2D eigenvalue weighted by molar-refractivity contribution is 5.64. The summed E-state index contributed by atoms with van der Waals surface area (Å²) in [5, 5.41) is 3.08. The van der Waals surface area contributed by atoms with Crippen molar-refractivity contribution in [2.75, 3.05) is 6.54 Å². The largest absolute Gasteiger partial charge is 0.313 e. The third-order valence-electron chi connectivity index (χ3n) is 2.99. The molecular weight excluding hydrogens is 244 g/mol. The van der Waals surface area contributed by atoms with E-state index in [-0.39, 0.29) is 11.6 Å². The molecule has 0 aliphatic heterocycles. The standard InChI is InChI=1S/C16H17F2N/c1-3-19-10-13-5-4-12(9-16(13)18)14-6-11(2)7-15(17)8-14/h4-9,19H,3,10H2,1-2H3. The fourth-order valence-corrected chi connectivity index (χ4v) is 2.03. The fourth-order valence-electron chi connectivity index (χ4n) is 2.03. The van der Waals surface area contributed by atoms with Gasteiger partial charge in [-0.15, -0.1) is 0 Å². The summed E-state index contributed by atoms with van der Waals surface area (Å²) in [5.41, 5.74) is 2.85. The van der Waals surface area contributed by atoms with Crippen LogP contribution in [0.5, 0.6) is 0 Å². The van der Waals surface area contributed by atoms with Crippen LogP contribution in [0.15, 0.2) is 36.4 Å². The van der Waals surface area contributed by atoms with Crippen molar-refractivity contribution in [3.05, 3.63) is 59.2 Å². The van der Waals surface area contributed by atoms with Crippen LogP contribution < -0.4 is 5.32 Å². The lowest BCUT2D eigenvalue weighted by Gasteiger charge is -2.08. The van der Waals surface area contributed by atoms with Gasteiger partial charge in [-0.05, 0) is 48.4 Å². The first-order valence-electron chi connectivity index (χ1n) is 6.37. The van der Waals surface area contributed by atoms with E-state index in [4.69, 9.17) is 0 Å². The van der Waals surface area contributed by atoms with Crippen molar-refractivity contribution in [3.63, 3.8) is 0 Å². The van der Waals surface area contributed by atoms with Crippen molar-refractivity contribution in [2.24, 2.45) is 0 Å². The molecule has 0 saturated heterocycles. The molecule has 0 radical (unpaired) electrons. The van der Waals surface area contributed by atoms with E-state index in [0.717, 1.165) is 12.1 Å². The predicted octanol–water partition coefficient (Wildman–Crippen LogP) is 4.05. The Balaban J connectivity index is 2.33. The van der Waals surface area contributed by atoms with Crippen molar-refractivity contribution in [3.8, 4) is 11.1 Å². The van der Waals surface area contributed by atoms with E-state index in [2.05, 4.69) is 5.32 Å². The molecule has 0 fully saturated rings. The number of hydrogen-bond donors (Lipinski definition) is 1. The third kappa shape index (κ3) is 3.38. The van der Waals surface area contributed by atoms with E-state index in [1.165, 1.54) is 18.2 Å². The Hall–Kier alpha value is -1.74. The molecular formula is C16H17F2N. The summed E-state index contributed by atoms with van der Waals surface area (Å²) in [5.74, 6) is -0.563. The van der Waals surface area contributed by atoms with Gasteiger partial charge in [0.15, 0.2) is 0 Å². The first kappa shape index (κ1) is 13.7. The first-order chi connectivity index (χ1) is 9.10.